The van der Waals surface area contributed by atoms with Crippen LogP contribution in [0.15, 0.2) is 18.2 Å². The first-order chi connectivity index (χ1) is 12.4. The molecule has 2 aromatic rings. The monoisotopic (exact) mass is 405 g/mol. The third kappa shape index (κ3) is 5.13. The van der Waals surface area contributed by atoms with Crippen molar-refractivity contribution in [2.45, 2.75) is 59.3 Å². The van der Waals surface area contributed by atoms with Gasteiger partial charge in [-0.3, -0.25) is 4.68 Å². The van der Waals surface area contributed by atoms with E-state index in [1.54, 1.807) is 18.2 Å². The van der Waals surface area contributed by atoms with Gasteiger partial charge in [-0.2, -0.15) is 10.4 Å². The standard InChI is InChI=1S/C20H28ClN3O2Si/c1-14-19(26-18-11-16(13-22)10-17(21)12-18)15(2)24(23-14)8-9-25-27(6,7)20(3,4)5/h10-12H,8-9H2,1-7H3. The number of ether oxygens (including phenoxy) is 1. The van der Waals surface area contributed by atoms with Crippen molar-refractivity contribution < 1.29 is 9.16 Å². The molecule has 0 aliphatic rings. The van der Waals surface area contributed by atoms with E-state index < -0.39 is 8.32 Å². The maximum atomic E-state index is 9.09. The van der Waals surface area contributed by atoms with Crippen LogP contribution in [0.2, 0.25) is 23.2 Å². The Kier molecular flexibility index (Phi) is 6.41. The maximum absolute atomic E-state index is 9.09. The van der Waals surface area contributed by atoms with Crippen molar-refractivity contribution in [1.29, 1.82) is 5.26 Å². The zero-order chi connectivity index (χ0) is 20.4. The normalized spacial score (nSPS) is 12.1. The average molecular weight is 406 g/mol. The molecular formula is C20H28ClN3O2Si. The van der Waals surface area contributed by atoms with Gasteiger partial charge in [0.25, 0.3) is 0 Å². The number of aryl methyl sites for hydroxylation is 1. The highest BCUT2D eigenvalue weighted by atomic mass is 35.5. The van der Waals surface area contributed by atoms with Crippen LogP contribution in [-0.4, -0.2) is 24.7 Å². The van der Waals surface area contributed by atoms with Crippen molar-refractivity contribution in [3.63, 3.8) is 0 Å². The molecule has 0 saturated heterocycles. The quantitative estimate of drug-likeness (QED) is 0.566. The summed E-state index contributed by atoms with van der Waals surface area (Å²) in [4.78, 5) is 0. The molecule has 2 rings (SSSR count). The molecule has 0 N–H and O–H groups in total. The van der Waals surface area contributed by atoms with Crippen LogP contribution in [0.25, 0.3) is 0 Å². The van der Waals surface area contributed by atoms with E-state index in [4.69, 9.17) is 26.0 Å². The van der Waals surface area contributed by atoms with Crippen LogP contribution in [0.3, 0.4) is 0 Å². The van der Waals surface area contributed by atoms with Crippen LogP contribution < -0.4 is 4.74 Å². The molecule has 0 radical (unpaired) electrons. The van der Waals surface area contributed by atoms with Crippen molar-refractivity contribution >= 4 is 19.9 Å². The predicted octanol–water partition coefficient (Wildman–Crippen LogP) is 5.84. The Morgan fingerprint density at radius 3 is 2.48 bits per heavy atom. The van der Waals surface area contributed by atoms with Gasteiger partial charge in [0.05, 0.1) is 30.5 Å². The molecule has 146 valence electrons. The van der Waals surface area contributed by atoms with Crippen molar-refractivity contribution in [1.82, 2.24) is 9.78 Å². The number of nitrogens with zero attached hydrogens (tertiary/aromatic N) is 3. The van der Waals surface area contributed by atoms with E-state index in [1.807, 2.05) is 18.5 Å². The summed E-state index contributed by atoms with van der Waals surface area (Å²) in [7, 11) is -1.78. The zero-order valence-corrected chi connectivity index (χ0v) is 18.9. The largest absolute Gasteiger partial charge is 0.453 e. The van der Waals surface area contributed by atoms with E-state index in [1.165, 1.54) is 0 Å². The van der Waals surface area contributed by atoms with Gasteiger partial charge in [0, 0.05) is 5.02 Å². The van der Waals surface area contributed by atoms with Gasteiger partial charge in [0.2, 0.25) is 0 Å². The molecule has 0 bridgehead atoms. The molecule has 0 amide bonds. The fourth-order valence-corrected chi connectivity index (χ4v) is 3.71. The van der Waals surface area contributed by atoms with Gasteiger partial charge in [-0.05, 0) is 50.2 Å². The highest BCUT2D eigenvalue weighted by molar-refractivity contribution is 6.74. The molecule has 0 unspecified atom stereocenters. The molecule has 0 spiro atoms. The van der Waals surface area contributed by atoms with Crippen LogP contribution in [-0.2, 0) is 11.0 Å². The predicted molar refractivity (Wildman–Crippen MR) is 111 cm³/mol. The van der Waals surface area contributed by atoms with Gasteiger partial charge in [-0.15, -0.1) is 0 Å². The molecule has 0 atom stereocenters. The topological polar surface area (TPSA) is 60.1 Å². The second kappa shape index (κ2) is 8.05. The SMILES string of the molecule is Cc1nn(CCO[Si](C)(C)C(C)(C)C)c(C)c1Oc1cc(Cl)cc(C#N)c1. The smallest absolute Gasteiger partial charge is 0.192 e. The molecule has 1 aromatic heterocycles. The summed E-state index contributed by atoms with van der Waals surface area (Å²) in [6.45, 7) is 16.3. The minimum atomic E-state index is -1.78. The summed E-state index contributed by atoms with van der Waals surface area (Å²) in [6.07, 6.45) is 0. The summed E-state index contributed by atoms with van der Waals surface area (Å²) >= 11 is 6.06. The van der Waals surface area contributed by atoms with Crippen LogP contribution >= 0.6 is 11.6 Å². The molecule has 5 nitrogen and oxygen atoms in total. The second-order valence-corrected chi connectivity index (χ2v) is 13.5. The molecular weight excluding hydrogens is 378 g/mol. The molecule has 0 saturated carbocycles. The third-order valence-electron chi connectivity index (χ3n) is 5.11. The summed E-state index contributed by atoms with van der Waals surface area (Å²) in [5, 5.41) is 14.3. The lowest BCUT2D eigenvalue weighted by Gasteiger charge is -2.36. The average Bonchev–Trinajstić information content (AvgIpc) is 2.81. The first-order valence-electron chi connectivity index (χ1n) is 9.01. The van der Waals surface area contributed by atoms with Gasteiger partial charge < -0.3 is 9.16 Å². The number of hydrogen-bond acceptors (Lipinski definition) is 4. The van der Waals surface area contributed by atoms with Gasteiger partial charge in [0.15, 0.2) is 14.1 Å². The van der Waals surface area contributed by atoms with E-state index in [2.05, 4.69) is 45.0 Å². The van der Waals surface area contributed by atoms with Crippen LogP contribution in [0.1, 0.15) is 37.7 Å². The highest BCUT2D eigenvalue weighted by Gasteiger charge is 2.36. The molecule has 0 aliphatic heterocycles. The van der Waals surface area contributed by atoms with E-state index in [0.717, 1.165) is 11.4 Å². The Balaban J connectivity index is 2.13. The van der Waals surface area contributed by atoms with E-state index in [9.17, 15) is 0 Å². The fraction of sp³-hybridized carbons (Fsp3) is 0.500. The zero-order valence-electron chi connectivity index (χ0n) is 17.2. The molecule has 7 heteroatoms. The number of halogens is 1. The Morgan fingerprint density at radius 2 is 1.89 bits per heavy atom. The third-order valence-corrected chi connectivity index (χ3v) is 9.86. The molecule has 1 aromatic carbocycles. The highest BCUT2D eigenvalue weighted by Crippen LogP contribution is 2.36. The minimum Gasteiger partial charge on any atom is -0.453 e. The van der Waals surface area contributed by atoms with Gasteiger partial charge in [0.1, 0.15) is 11.4 Å². The fourth-order valence-electron chi connectivity index (χ4n) is 2.45. The Hall–Kier alpha value is -1.81. The summed E-state index contributed by atoms with van der Waals surface area (Å²) in [5.74, 6) is 1.22. The lowest BCUT2D eigenvalue weighted by atomic mass is 10.2. The molecule has 27 heavy (non-hydrogen) atoms. The van der Waals surface area contributed by atoms with Crippen molar-refractivity contribution in [3.05, 3.63) is 40.2 Å². The van der Waals surface area contributed by atoms with Crippen molar-refractivity contribution in [3.8, 4) is 17.6 Å². The first kappa shape index (κ1) is 21.5. The Labute approximate surface area is 168 Å². The van der Waals surface area contributed by atoms with Crippen LogP contribution in [0, 0.1) is 25.2 Å². The number of aromatic nitrogens is 2. The number of hydrogen-bond donors (Lipinski definition) is 0. The van der Waals surface area contributed by atoms with E-state index >= 15 is 0 Å². The lowest BCUT2D eigenvalue weighted by molar-refractivity contribution is 0.264. The van der Waals surface area contributed by atoms with Gasteiger partial charge in [-0.1, -0.05) is 32.4 Å². The minimum absolute atomic E-state index is 0.182. The molecule has 0 fully saturated rings. The summed E-state index contributed by atoms with van der Waals surface area (Å²) in [5.41, 5.74) is 2.17. The first-order valence-corrected chi connectivity index (χ1v) is 12.3. The van der Waals surface area contributed by atoms with Crippen molar-refractivity contribution in [2.75, 3.05) is 6.61 Å². The number of benzene rings is 1. The van der Waals surface area contributed by atoms with Gasteiger partial charge >= 0.3 is 0 Å². The lowest BCUT2D eigenvalue weighted by Crippen LogP contribution is -2.41. The maximum Gasteiger partial charge on any atom is 0.192 e. The Morgan fingerprint density at radius 1 is 1.22 bits per heavy atom. The second-order valence-electron chi connectivity index (χ2n) is 8.22. The van der Waals surface area contributed by atoms with E-state index in [-0.39, 0.29) is 5.04 Å². The summed E-state index contributed by atoms with van der Waals surface area (Å²) in [6, 6.07) is 7.05. The van der Waals surface area contributed by atoms with Crippen LogP contribution in [0.4, 0.5) is 0 Å². The van der Waals surface area contributed by atoms with Crippen molar-refractivity contribution in [2.24, 2.45) is 0 Å². The number of rotatable bonds is 6. The molecule has 0 aliphatic carbocycles. The Bertz CT molecular complexity index is 863. The van der Waals surface area contributed by atoms with Crippen LogP contribution in [0.5, 0.6) is 11.5 Å². The molecule has 1 heterocycles. The van der Waals surface area contributed by atoms with E-state index in [0.29, 0.717) is 35.2 Å². The number of nitriles is 1. The summed E-state index contributed by atoms with van der Waals surface area (Å²) < 4.78 is 14.2. The van der Waals surface area contributed by atoms with Gasteiger partial charge in [-0.25, -0.2) is 0 Å².